The van der Waals surface area contributed by atoms with Crippen LogP contribution in [-0.2, 0) is 5.41 Å². The van der Waals surface area contributed by atoms with Gasteiger partial charge >= 0.3 is 0 Å². The minimum absolute atomic E-state index is 0.157. The van der Waals surface area contributed by atoms with Crippen molar-refractivity contribution in [3.05, 3.63) is 168 Å². The molecule has 6 heteroatoms. The van der Waals surface area contributed by atoms with Crippen molar-refractivity contribution in [3.8, 4) is 46.1 Å². The zero-order valence-corrected chi connectivity index (χ0v) is 27.6. The van der Waals surface area contributed by atoms with Crippen molar-refractivity contribution in [3.63, 3.8) is 0 Å². The molecule has 7 aromatic rings. The second-order valence-corrected chi connectivity index (χ2v) is 13.2. The minimum Gasteiger partial charge on any atom is -0.332 e. The first-order valence-electron chi connectivity index (χ1n) is 16.8. The lowest BCUT2D eigenvalue weighted by Crippen LogP contribution is -2.39. The molecule has 2 aliphatic rings. The molecule has 1 aliphatic heterocycles. The molecule has 1 aliphatic carbocycles. The van der Waals surface area contributed by atoms with Crippen LogP contribution in [0.1, 0.15) is 23.6 Å². The first-order chi connectivity index (χ1) is 25.0. The predicted octanol–water partition coefficient (Wildman–Crippen LogP) is 10.1. The number of aromatic nitrogens is 2. The number of hydrogen-bond donors (Lipinski definition) is 0. The van der Waals surface area contributed by atoms with Crippen LogP contribution >= 0.6 is 0 Å². The van der Waals surface area contributed by atoms with Gasteiger partial charge in [0.15, 0.2) is 0 Å². The quantitative estimate of drug-likeness (QED) is 0.189. The third kappa shape index (κ3) is 4.43. The van der Waals surface area contributed by atoms with Crippen molar-refractivity contribution >= 4 is 33.2 Å². The molecule has 0 amide bonds. The predicted molar refractivity (Wildman–Crippen MR) is 201 cm³/mol. The number of para-hydroxylation sites is 3. The summed E-state index contributed by atoms with van der Waals surface area (Å²) in [6, 6.07) is 45.9. The Hall–Kier alpha value is -7.20. The topological polar surface area (TPSA) is 92.4 Å². The molecule has 0 fully saturated rings. The lowest BCUT2D eigenvalue weighted by Gasteiger charge is -2.35. The number of nitrogens with zero attached hydrogens (tertiary/aromatic N) is 6. The number of hydrogen-bond acceptors (Lipinski definition) is 5. The third-order valence-electron chi connectivity index (χ3n) is 10.4. The van der Waals surface area contributed by atoms with Crippen molar-refractivity contribution in [1.29, 1.82) is 15.8 Å². The summed E-state index contributed by atoms with van der Waals surface area (Å²) in [5.74, 6) is 0. The molecule has 5 aromatic carbocycles. The van der Waals surface area contributed by atoms with Crippen LogP contribution in [0.15, 0.2) is 151 Å². The average Bonchev–Trinajstić information content (AvgIpc) is 3.66. The van der Waals surface area contributed by atoms with Crippen LogP contribution in [0.2, 0.25) is 0 Å². The van der Waals surface area contributed by atoms with E-state index in [1.54, 1.807) is 0 Å². The van der Waals surface area contributed by atoms with Crippen molar-refractivity contribution in [1.82, 2.24) is 9.55 Å². The van der Waals surface area contributed by atoms with E-state index < -0.39 is 5.41 Å². The van der Waals surface area contributed by atoms with Crippen LogP contribution in [-0.4, -0.2) is 15.6 Å². The van der Waals surface area contributed by atoms with Gasteiger partial charge in [-0.05, 0) is 72.2 Å². The SMILES string of the molecule is CC12C=C(C#N)C=CC1N(c1ccc(C#N)c(-c3ccc(-c4ccccc4-n4c5ccccc5c5cnccc54)cc3)c1)c1c(C#N)cccc12. The summed E-state index contributed by atoms with van der Waals surface area (Å²) in [5.41, 5.74) is 11.1. The van der Waals surface area contributed by atoms with Crippen molar-refractivity contribution in [2.75, 3.05) is 4.90 Å². The summed E-state index contributed by atoms with van der Waals surface area (Å²) in [5, 5.41) is 32.4. The van der Waals surface area contributed by atoms with Crippen molar-refractivity contribution in [2.45, 2.75) is 18.4 Å². The van der Waals surface area contributed by atoms with Crippen molar-refractivity contribution < 1.29 is 0 Å². The van der Waals surface area contributed by atoms with E-state index in [4.69, 9.17) is 0 Å². The molecule has 2 unspecified atom stereocenters. The highest BCUT2D eigenvalue weighted by Gasteiger charge is 2.48. The van der Waals surface area contributed by atoms with E-state index in [0.717, 1.165) is 66.7 Å². The highest BCUT2D eigenvalue weighted by molar-refractivity contribution is 6.09. The fourth-order valence-corrected chi connectivity index (χ4v) is 8.10. The largest absolute Gasteiger partial charge is 0.332 e. The maximum Gasteiger partial charge on any atom is 0.101 e. The van der Waals surface area contributed by atoms with Gasteiger partial charge in [0.2, 0.25) is 0 Å². The molecule has 51 heavy (non-hydrogen) atoms. The molecular formula is C45H28N6. The Morgan fingerprint density at radius 2 is 1.43 bits per heavy atom. The van der Waals surface area contributed by atoms with Crippen LogP contribution in [0.4, 0.5) is 11.4 Å². The first-order valence-corrected chi connectivity index (χ1v) is 16.8. The Labute approximate surface area is 295 Å². The van der Waals surface area contributed by atoms with E-state index in [1.807, 2.05) is 54.9 Å². The van der Waals surface area contributed by atoms with Crippen LogP contribution in [0.3, 0.4) is 0 Å². The standard InChI is InChI=1S/C45H28N6/c1-45-24-29(25-46)13-20-43(45)50(44-33(27-48)7-6-10-39(44)45)34-19-18-32(26-47)37(23-34)31-16-14-30(15-17-31)35-8-2-4-11-40(35)51-41-12-5-3-9-36(41)38-28-49-22-21-42(38)51/h2-24,28,43H,1H3. The Kier molecular flexibility index (Phi) is 6.72. The van der Waals surface area contributed by atoms with Crippen LogP contribution < -0.4 is 4.90 Å². The molecule has 9 rings (SSSR count). The Morgan fingerprint density at radius 3 is 2.24 bits per heavy atom. The molecule has 0 saturated carbocycles. The van der Waals surface area contributed by atoms with Gasteiger partial charge in [0.25, 0.3) is 0 Å². The molecule has 0 bridgehead atoms. The fourth-order valence-electron chi connectivity index (χ4n) is 8.10. The molecule has 6 nitrogen and oxygen atoms in total. The van der Waals surface area contributed by atoms with Gasteiger partial charge in [-0.25, -0.2) is 0 Å². The smallest absolute Gasteiger partial charge is 0.101 e. The fraction of sp³-hybridized carbons (Fsp3) is 0.0667. The van der Waals surface area contributed by atoms with E-state index in [-0.39, 0.29) is 6.04 Å². The lowest BCUT2D eigenvalue weighted by molar-refractivity contribution is 0.548. The van der Waals surface area contributed by atoms with Crippen LogP contribution in [0.5, 0.6) is 0 Å². The van der Waals surface area contributed by atoms with Crippen LogP contribution in [0.25, 0.3) is 49.7 Å². The summed E-state index contributed by atoms with van der Waals surface area (Å²) in [4.78, 5) is 6.60. The molecule has 238 valence electrons. The van der Waals surface area contributed by atoms with Gasteiger partial charge < -0.3 is 9.47 Å². The molecule has 3 heterocycles. The van der Waals surface area contributed by atoms with E-state index in [1.165, 1.54) is 0 Å². The van der Waals surface area contributed by atoms with Gasteiger partial charge in [-0.3, -0.25) is 4.98 Å². The second kappa shape index (κ2) is 11.5. The molecule has 0 spiro atoms. The summed E-state index contributed by atoms with van der Waals surface area (Å²) < 4.78 is 2.30. The van der Waals surface area contributed by atoms with E-state index in [2.05, 4.69) is 131 Å². The van der Waals surface area contributed by atoms with Crippen molar-refractivity contribution in [2.24, 2.45) is 0 Å². The monoisotopic (exact) mass is 652 g/mol. The van der Waals surface area contributed by atoms with Gasteiger partial charge in [-0.1, -0.05) is 84.9 Å². The Bertz CT molecular complexity index is 2710. The first kappa shape index (κ1) is 29.9. The molecule has 2 atom stereocenters. The van der Waals surface area contributed by atoms with E-state index in [9.17, 15) is 15.8 Å². The number of rotatable bonds is 4. The number of allylic oxidation sites excluding steroid dienone is 2. The normalized spacial score (nSPS) is 17.3. The number of nitriles is 3. The van der Waals surface area contributed by atoms with Gasteiger partial charge in [0.05, 0.1) is 51.7 Å². The minimum atomic E-state index is -0.516. The molecule has 2 aromatic heterocycles. The number of pyridine rings is 1. The van der Waals surface area contributed by atoms with Gasteiger partial charge in [0.1, 0.15) is 6.07 Å². The molecule has 0 saturated heterocycles. The van der Waals surface area contributed by atoms with Crippen LogP contribution in [0, 0.1) is 34.0 Å². The number of fused-ring (bicyclic) bond motifs is 6. The van der Waals surface area contributed by atoms with Gasteiger partial charge in [-0.15, -0.1) is 0 Å². The Balaban J connectivity index is 1.15. The average molecular weight is 653 g/mol. The maximum atomic E-state index is 10.2. The zero-order chi connectivity index (χ0) is 34.7. The molecular weight excluding hydrogens is 625 g/mol. The summed E-state index contributed by atoms with van der Waals surface area (Å²) >= 11 is 0. The second-order valence-electron chi connectivity index (χ2n) is 13.2. The van der Waals surface area contributed by atoms with Gasteiger partial charge in [-0.2, -0.15) is 15.8 Å². The lowest BCUT2D eigenvalue weighted by atomic mass is 9.74. The zero-order valence-electron chi connectivity index (χ0n) is 27.6. The number of benzene rings is 5. The highest BCUT2D eigenvalue weighted by atomic mass is 15.2. The third-order valence-corrected chi connectivity index (χ3v) is 10.4. The molecule has 0 N–H and O–H groups in total. The van der Waals surface area contributed by atoms with E-state index >= 15 is 0 Å². The summed E-state index contributed by atoms with van der Waals surface area (Å²) in [6.07, 6.45) is 9.68. The Morgan fingerprint density at radius 1 is 0.686 bits per heavy atom. The summed E-state index contributed by atoms with van der Waals surface area (Å²) in [6.45, 7) is 2.12. The van der Waals surface area contributed by atoms with E-state index in [0.29, 0.717) is 16.7 Å². The van der Waals surface area contributed by atoms with Gasteiger partial charge in [0, 0.05) is 51.0 Å². The summed E-state index contributed by atoms with van der Waals surface area (Å²) in [7, 11) is 0. The maximum absolute atomic E-state index is 10.2. The number of anilines is 2. The highest BCUT2D eigenvalue weighted by Crippen LogP contribution is 2.53. The molecule has 0 radical (unpaired) electrons.